The molecule has 0 spiro atoms. The van der Waals surface area contributed by atoms with E-state index in [-0.39, 0.29) is 5.41 Å². The van der Waals surface area contributed by atoms with Crippen LogP contribution in [0.15, 0.2) is 24.3 Å². The van der Waals surface area contributed by atoms with E-state index in [0.717, 1.165) is 22.7 Å². The van der Waals surface area contributed by atoms with Crippen LogP contribution < -0.4 is 10.5 Å². The van der Waals surface area contributed by atoms with Gasteiger partial charge in [-0.1, -0.05) is 26.8 Å². The van der Waals surface area contributed by atoms with Gasteiger partial charge in [-0.05, 0) is 18.6 Å². The lowest BCUT2D eigenvalue weighted by atomic mass is 9.92. The molecule has 1 heterocycles. The summed E-state index contributed by atoms with van der Waals surface area (Å²) in [7, 11) is 1.67. The first-order valence-corrected chi connectivity index (χ1v) is 6.34. The fraction of sp³-hybridized carbons (Fsp3) is 0.400. The molecular formula is C15H21N3O. The van der Waals surface area contributed by atoms with Gasteiger partial charge in [0.25, 0.3) is 0 Å². The summed E-state index contributed by atoms with van der Waals surface area (Å²) in [5.74, 6) is 1.47. The molecule has 0 aliphatic rings. The normalized spacial score (nSPS) is 11.6. The van der Waals surface area contributed by atoms with Gasteiger partial charge in [-0.15, -0.1) is 0 Å². The van der Waals surface area contributed by atoms with Crippen molar-refractivity contribution < 1.29 is 4.74 Å². The second-order valence-corrected chi connectivity index (χ2v) is 5.77. The van der Waals surface area contributed by atoms with Gasteiger partial charge in [0.2, 0.25) is 0 Å². The first kappa shape index (κ1) is 13.5. The van der Waals surface area contributed by atoms with Crippen LogP contribution in [0, 0.1) is 6.92 Å². The Balaban J connectivity index is 2.50. The predicted molar refractivity (Wildman–Crippen MR) is 78.0 cm³/mol. The highest BCUT2D eigenvalue weighted by Crippen LogP contribution is 2.27. The molecule has 2 rings (SSSR count). The van der Waals surface area contributed by atoms with Gasteiger partial charge >= 0.3 is 0 Å². The fourth-order valence-electron chi connectivity index (χ4n) is 1.91. The molecule has 0 saturated heterocycles. The first-order valence-electron chi connectivity index (χ1n) is 6.34. The first-order chi connectivity index (χ1) is 8.82. The van der Waals surface area contributed by atoms with Gasteiger partial charge in [0.1, 0.15) is 11.6 Å². The van der Waals surface area contributed by atoms with Gasteiger partial charge in [-0.3, -0.25) is 0 Å². The van der Waals surface area contributed by atoms with Crippen LogP contribution in [0.3, 0.4) is 0 Å². The Morgan fingerprint density at radius 3 is 2.42 bits per heavy atom. The Bertz CT molecular complexity index is 594. The molecular weight excluding hydrogens is 238 g/mol. The Morgan fingerprint density at radius 1 is 1.21 bits per heavy atom. The molecule has 19 heavy (non-hydrogen) atoms. The van der Waals surface area contributed by atoms with Crippen LogP contribution in [0.25, 0.3) is 5.69 Å². The molecule has 1 aromatic carbocycles. The minimum atomic E-state index is -0.0197. The topological polar surface area (TPSA) is 53.1 Å². The average molecular weight is 259 g/mol. The number of nitrogens with zero attached hydrogens (tertiary/aromatic N) is 2. The quantitative estimate of drug-likeness (QED) is 0.901. The number of aryl methyl sites for hydroxylation is 1. The van der Waals surface area contributed by atoms with Crippen molar-refractivity contribution in [2.75, 3.05) is 12.8 Å². The molecule has 0 fully saturated rings. The summed E-state index contributed by atoms with van der Waals surface area (Å²) < 4.78 is 7.09. The number of benzene rings is 1. The molecule has 4 nitrogen and oxygen atoms in total. The van der Waals surface area contributed by atoms with Crippen LogP contribution in [0.4, 0.5) is 5.82 Å². The zero-order valence-corrected chi connectivity index (χ0v) is 12.2. The van der Waals surface area contributed by atoms with E-state index in [1.807, 2.05) is 31.2 Å². The highest BCUT2D eigenvalue weighted by atomic mass is 16.5. The van der Waals surface area contributed by atoms with Gasteiger partial charge in [-0.2, -0.15) is 5.10 Å². The van der Waals surface area contributed by atoms with Crippen molar-refractivity contribution in [3.8, 4) is 11.4 Å². The number of hydrogen-bond acceptors (Lipinski definition) is 3. The fourth-order valence-corrected chi connectivity index (χ4v) is 1.91. The number of hydrogen-bond donors (Lipinski definition) is 1. The molecule has 4 heteroatoms. The third-order valence-corrected chi connectivity index (χ3v) is 3.14. The number of anilines is 1. The monoisotopic (exact) mass is 259 g/mol. The zero-order chi connectivity index (χ0) is 14.2. The highest BCUT2D eigenvalue weighted by Gasteiger charge is 2.19. The summed E-state index contributed by atoms with van der Waals surface area (Å²) in [4.78, 5) is 0. The summed E-state index contributed by atoms with van der Waals surface area (Å²) in [6.45, 7) is 8.37. The third kappa shape index (κ3) is 2.57. The molecule has 1 aromatic heterocycles. The molecule has 2 aromatic rings. The summed E-state index contributed by atoms with van der Waals surface area (Å²) in [5.41, 5.74) is 9.02. The summed E-state index contributed by atoms with van der Waals surface area (Å²) in [5, 5.41) is 4.59. The molecule has 0 radical (unpaired) electrons. The van der Waals surface area contributed by atoms with Crippen LogP contribution in [0.2, 0.25) is 0 Å². The predicted octanol–water partition coefficient (Wildman–Crippen LogP) is 3.07. The maximum absolute atomic E-state index is 6.06. The standard InChI is InChI=1S/C15H21N3O/c1-10-6-7-11(8-12(10)19-5)18-14(16)9-13(17-18)15(2,3)4/h6-9H,16H2,1-5H3. The van der Waals surface area contributed by atoms with Crippen molar-refractivity contribution in [1.29, 1.82) is 0 Å². The van der Waals surface area contributed by atoms with Crippen molar-refractivity contribution >= 4 is 5.82 Å². The highest BCUT2D eigenvalue weighted by molar-refractivity contribution is 5.49. The lowest BCUT2D eigenvalue weighted by Crippen LogP contribution is -2.12. The number of methoxy groups -OCH3 is 1. The lowest BCUT2D eigenvalue weighted by molar-refractivity contribution is 0.411. The van der Waals surface area contributed by atoms with E-state index in [2.05, 4.69) is 25.9 Å². The third-order valence-electron chi connectivity index (χ3n) is 3.14. The molecule has 0 aliphatic carbocycles. The molecule has 0 aliphatic heterocycles. The van der Waals surface area contributed by atoms with Crippen molar-refractivity contribution in [3.63, 3.8) is 0 Å². The Labute approximate surface area is 114 Å². The smallest absolute Gasteiger partial charge is 0.127 e. The Kier molecular flexibility index (Phi) is 3.27. The molecule has 0 amide bonds. The van der Waals surface area contributed by atoms with E-state index >= 15 is 0 Å². The van der Waals surface area contributed by atoms with E-state index in [0.29, 0.717) is 5.82 Å². The van der Waals surface area contributed by atoms with E-state index < -0.39 is 0 Å². The van der Waals surface area contributed by atoms with Crippen molar-refractivity contribution in [2.45, 2.75) is 33.1 Å². The summed E-state index contributed by atoms with van der Waals surface area (Å²) in [6.07, 6.45) is 0. The van der Waals surface area contributed by atoms with Gasteiger partial charge in [0.15, 0.2) is 0 Å². The van der Waals surface area contributed by atoms with Crippen LogP contribution in [-0.2, 0) is 5.41 Å². The lowest BCUT2D eigenvalue weighted by Gasteiger charge is -2.14. The SMILES string of the molecule is COc1cc(-n2nc(C(C)(C)C)cc2N)ccc1C. The minimum Gasteiger partial charge on any atom is -0.496 e. The molecule has 102 valence electrons. The number of nitrogens with two attached hydrogens (primary N) is 1. The Morgan fingerprint density at radius 2 is 1.89 bits per heavy atom. The van der Waals surface area contributed by atoms with Crippen LogP contribution in [-0.4, -0.2) is 16.9 Å². The van der Waals surface area contributed by atoms with Gasteiger partial charge in [0, 0.05) is 17.5 Å². The number of rotatable bonds is 2. The maximum atomic E-state index is 6.06. The average Bonchev–Trinajstić information content (AvgIpc) is 2.72. The van der Waals surface area contributed by atoms with Crippen LogP contribution >= 0.6 is 0 Å². The summed E-state index contributed by atoms with van der Waals surface area (Å²) >= 11 is 0. The van der Waals surface area contributed by atoms with E-state index in [9.17, 15) is 0 Å². The molecule has 2 N–H and O–H groups in total. The van der Waals surface area contributed by atoms with Gasteiger partial charge < -0.3 is 10.5 Å². The van der Waals surface area contributed by atoms with E-state index in [1.54, 1.807) is 11.8 Å². The largest absolute Gasteiger partial charge is 0.496 e. The molecule has 0 saturated carbocycles. The molecule has 0 bridgehead atoms. The minimum absolute atomic E-state index is 0.0197. The zero-order valence-electron chi connectivity index (χ0n) is 12.2. The van der Waals surface area contributed by atoms with Gasteiger partial charge in [-0.25, -0.2) is 4.68 Å². The Hall–Kier alpha value is -1.97. The summed E-state index contributed by atoms with van der Waals surface area (Å²) in [6, 6.07) is 7.87. The number of aromatic nitrogens is 2. The number of nitrogen functional groups attached to an aromatic ring is 1. The van der Waals surface area contributed by atoms with Crippen molar-refractivity contribution in [2.24, 2.45) is 0 Å². The van der Waals surface area contributed by atoms with Crippen LogP contribution in [0.1, 0.15) is 32.0 Å². The second kappa shape index (κ2) is 4.61. The maximum Gasteiger partial charge on any atom is 0.127 e. The van der Waals surface area contributed by atoms with Crippen LogP contribution in [0.5, 0.6) is 5.75 Å². The molecule has 0 unspecified atom stereocenters. The van der Waals surface area contributed by atoms with E-state index in [1.165, 1.54) is 0 Å². The number of ether oxygens (including phenoxy) is 1. The van der Waals surface area contributed by atoms with Gasteiger partial charge in [0.05, 0.1) is 18.5 Å². The molecule has 0 atom stereocenters. The van der Waals surface area contributed by atoms with E-state index in [4.69, 9.17) is 10.5 Å². The second-order valence-electron chi connectivity index (χ2n) is 5.77. The van der Waals surface area contributed by atoms with Crippen molar-refractivity contribution in [3.05, 3.63) is 35.5 Å². The van der Waals surface area contributed by atoms with Crippen molar-refractivity contribution in [1.82, 2.24) is 9.78 Å².